The van der Waals surface area contributed by atoms with E-state index in [2.05, 4.69) is 15.7 Å². The molecule has 1 unspecified atom stereocenters. The molecular formula is C25H20N4O3. The zero-order valence-corrected chi connectivity index (χ0v) is 17.3. The molecule has 5 rings (SSSR count). The van der Waals surface area contributed by atoms with E-state index in [1.165, 1.54) is 0 Å². The van der Waals surface area contributed by atoms with Crippen molar-refractivity contribution in [2.75, 3.05) is 10.6 Å². The summed E-state index contributed by atoms with van der Waals surface area (Å²) in [7, 11) is 0. The van der Waals surface area contributed by atoms with Gasteiger partial charge in [0.05, 0.1) is 17.1 Å². The van der Waals surface area contributed by atoms with E-state index < -0.39 is 6.10 Å². The van der Waals surface area contributed by atoms with E-state index in [9.17, 15) is 9.59 Å². The second-order valence-electron chi connectivity index (χ2n) is 7.44. The maximum Gasteiger partial charge on any atom is 0.274 e. The zero-order chi connectivity index (χ0) is 22.1. The van der Waals surface area contributed by atoms with Crippen LogP contribution < -0.4 is 15.4 Å². The third-order valence-electron chi connectivity index (χ3n) is 5.18. The number of para-hydroxylation sites is 1. The molecule has 0 fully saturated rings. The van der Waals surface area contributed by atoms with Crippen molar-refractivity contribution < 1.29 is 14.3 Å². The summed E-state index contributed by atoms with van der Waals surface area (Å²) in [5, 5.41) is 10.4. The number of fused-ring (bicyclic) bond motifs is 1. The second kappa shape index (κ2) is 8.03. The zero-order valence-electron chi connectivity index (χ0n) is 17.3. The Morgan fingerprint density at radius 2 is 1.72 bits per heavy atom. The van der Waals surface area contributed by atoms with Gasteiger partial charge >= 0.3 is 0 Å². The molecule has 4 aromatic rings. The van der Waals surface area contributed by atoms with Crippen LogP contribution in [0.15, 0.2) is 84.9 Å². The van der Waals surface area contributed by atoms with Gasteiger partial charge in [-0.1, -0.05) is 48.5 Å². The standard InChI is InChI=1S/C25H20N4O3/c1-16-24(30)27-21-14-18(12-13-23(21)32-16)26-25(31)22-15-20(17-8-4-2-5-9-17)28-29(22)19-10-6-3-7-11-19/h2-16H,1H3,(H,26,31)(H,27,30). The summed E-state index contributed by atoms with van der Waals surface area (Å²) in [5.74, 6) is 0.0198. The minimum Gasteiger partial charge on any atom is -0.479 e. The third kappa shape index (κ3) is 3.72. The highest BCUT2D eigenvalue weighted by atomic mass is 16.5. The summed E-state index contributed by atoms with van der Waals surface area (Å²) in [6.45, 7) is 1.68. The Kier molecular flexibility index (Phi) is 4.91. The summed E-state index contributed by atoms with van der Waals surface area (Å²) < 4.78 is 7.21. The average Bonchev–Trinajstić information content (AvgIpc) is 3.27. The Labute approximate surface area is 184 Å². The molecule has 1 atom stereocenters. The second-order valence-corrected chi connectivity index (χ2v) is 7.44. The number of carbonyl (C=O) groups excluding carboxylic acids is 2. The van der Waals surface area contributed by atoms with Gasteiger partial charge in [-0.15, -0.1) is 0 Å². The molecule has 0 saturated carbocycles. The monoisotopic (exact) mass is 424 g/mol. The highest BCUT2D eigenvalue weighted by molar-refractivity contribution is 6.05. The number of anilines is 2. The van der Waals surface area contributed by atoms with E-state index >= 15 is 0 Å². The van der Waals surface area contributed by atoms with Crippen LogP contribution in [0.2, 0.25) is 0 Å². The summed E-state index contributed by atoms with van der Waals surface area (Å²) in [6.07, 6.45) is -0.556. The highest BCUT2D eigenvalue weighted by Gasteiger charge is 2.24. The molecule has 0 aliphatic carbocycles. The Morgan fingerprint density at radius 1 is 1.00 bits per heavy atom. The van der Waals surface area contributed by atoms with Crippen LogP contribution >= 0.6 is 0 Å². The molecule has 2 amide bonds. The van der Waals surface area contributed by atoms with Crippen LogP contribution in [0.5, 0.6) is 5.75 Å². The maximum absolute atomic E-state index is 13.2. The number of ether oxygens (including phenoxy) is 1. The lowest BCUT2D eigenvalue weighted by Gasteiger charge is -2.23. The van der Waals surface area contributed by atoms with Gasteiger partial charge in [0.1, 0.15) is 11.4 Å². The molecule has 2 N–H and O–H groups in total. The summed E-state index contributed by atoms with van der Waals surface area (Å²) >= 11 is 0. The van der Waals surface area contributed by atoms with Gasteiger partial charge in [0.15, 0.2) is 6.10 Å². The number of aromatic nitrogens is 2. The molecule has 2 heterocycles. The normalized spacial score (nSPS) is 14.8. The van der Waals surface area contributed by atoms with E-state index in [0.717, 1.165) is 11.3 Å². The Balaban J connectivity index is 1.49. The van der Waals surface area contributed by atoms with Gasteiger partial charge in [-0.2, -0.15) is 5.10 Å². The average molecular weight is 424 g/mol. The van der Waals surface area contributed by atoms with Crippen LogP contribution in [0.4, 0.5) is 11.4 Å². The first-order valence-corrected chi connectivity index (χ1v) is 10.2. The van der Waals surface area contributed by atoms with Gasteiger partial charge in [-0.25, -0.2) is 4.68 Å². The number of hydrogen-bond acceptors (Lipinski definition) is 4. The molecule has 0 saturated heterocycles. The van der Waals surface area contributed by atoms with Gasteiger partial charge in [-0.05, 0) is 43.3 Å². The maximum atomic E-state index is 13.2. The lowest BCUT2D eigenvalue weighted by atomic mass is 10.1. The van der Waals surface area contributed by atoms with Gasteiger partial charge in [0.25, 0.3) is 11.8 Å². The summed E-state index contributed by atoms with van der Waals surface area (Å²) in [5.41, 5.74) is 3.84. The molecule has 0 radical (unpaired) electrons. The minimum absolute atomic E-state index is 0.226. The smallest absolute Gasteiger partial charge is 0.274 e. The lowest BCUT2D eigenvalue weighted by molar-refractivity contribution is -0.122. The van der Waals surface area contributed by atoms with Crippen molar-refractivity contribution in [3.8, 4) is 22.7 Å². The van der Waals surface area contributed by atoms with E-state index in [1.54, 1.807) is 35.9 Å². The van der Waals surface area contributed by atoms with E-state index in [0.29, 0.717) is 28.5 Å². The number of rotatable bonds is 4. The first kappa shape index (κ1) is 19.6. The Bertz CT molecular complexity index is 1300. The SMILES string of the molecule is CC1Oc2ccc(NC(=O)c3cc(-c4ccccc4)nn3-c3ccccc3)cc2NC1=O. The largest absolute Gasteiger partial charge is 0.479 e. The number of benzene rings is 3. The number of nitrogens with zero attached hydrogens (tertiary/aromatic N) is 2. The molecule has 1 aliphatic rings. The van der Waals surface area contributed by atoms with Crippen molar-refractivity contribution in [2.24, 2.45) is 0 Å². The number of nitrogens with one attached hydrogen (secondary N) is 2. The number of amides is 2. The van der Waals surface area contributed by atoms with Crippen LogP contribution in [0, 0.1) is 0 Å². The summed E-state index contributed by atoms with van der Waals surface area (Å²) in [6, 6.07) is 26.1. The molecule has 3 aromatic carbocycles. The van der Waals surface area contributed by atoms with E-state index in [4.69, 9.17) is 4.74 Å². The molecule has 0 spiro atoms. The molecule has 32 heavy (non-hydrogen) atoms. The van der Waals surface area contributed by atoms with Gasteiger partial charge in [0.2, 0.25) is 0 Å². The molecule has 1 aromatic heterocycles. The fourth-order valence-electron chi connectivity index (χ4n) is 3.54. The van der Waals surface area contributed by atoms with Crippen molar-refractivity contribution in [2.45, 2.75) is 13.0 Å². The molecule has 7 heteroatoms. The Hall–Kier alpha value is -4.39. The quantitative estimate of drug-likeness (QED) is 0.505. The van der Waals surface area contributed by atoms with Crippen LogP contribution in [0.1, 0.15) is 17.4 Å². The fraction of sp³-hybridized carbons (Fsp3) is 0.0800. The minimum atomic E-state index is -0.556. The topological polar surface area (TPSA) is 85.2 Å². The van der Waals surface area contributed by atoms with Crippen molar-refractivity contribution in [3.05, 3.63) is 90.6 Å². The number of carbonyl (C=O) groups is 2. The summed E-state index contributed by atoms with van der Waals surface area (Å²) in [4.78, 5) is 25.2. The number of hydrogen-bond donors (Lipinski definition) is 2. The first-order valence-electron chi connectivity index (χ1n) is 10.2. The molecule has 158 valence electrons. The fourth-order valence-corrected chi connectivity index (χ4v) is 3.54. The highest BCUT2D eigenvalue weighted by Crippen LogP contribution is 2.32. The molecule has 1 aliphatic heterocycles. The van der Waals surface area contributed by atoms with Gasteiger partial charge in [-0.3, -0.25) is 9.59 Å². The van der Waals surface area contributed by atoms with E-state index in [1.807, 2.05) is 60.7 Å². The van der Waals surface area contributed by atoms with Crippen LogP contribution in [-0.4, -0.2) is 27.7 Å². The predicted molar refractivity (Wildman–Crippen MR) is 122 cm³/mol. The van der Waals surface area contributed by atoms with E-state index in [-0.39, 0.29) is 11.8 Å². The molecule has 7 nitrogen and oxygen atoms in total. The molecular weight excluding hydrogens is 404 g/mol. The molecule has 0 bridgehead atoms. The Morgan fingerprint density at radius 3 is 2.47 bits per heavy atom. The van der Waals surface area contributed by atoms with Crippen LogP contribution in [0.25, 0.3) is 16.9 Å². The predicted octanol–water partition coefficient (Wildman–Crippen LogP) is 4.51. The van der Waals surface area contributed by atoms with Crippen molar-refractivity contribution in [1.82, 2.24) is 9.78 Å². The van der Waals surface area contributed by atoms with Crippen LogP contribution in [0.3, 0.4) is 0 Å². The van der Waals surface area contributed by atoms with Crippen molar-refractivity contribution >= 4 is 23.2 Å². The van der Waals surface area contributed by atoms with Crippen molar-refractivity contribution in [3.63, 3.8) is 0 Å². The van der Waals surface area contributed by atoms with Gasteiger partial charge < -0.3 is 15.4 Å². The van der Waals surface area contributed by atoms with Gasteiger partial charge in [0, 0.05) is 11.3 Å². The van der Waals surface area contributed by atoms with Crippen LogP contribution in [-0.2, 0) is 4.79 Å². The first-order chi connectivity index (χ1) is 15.6. The van der Waals surface area contributed by atoms with Crippen molar-refractivity contribution in [1.29, 1.82) is 0 Å². The lowest BCUT2D eigenvalue weighted by Crippen LogP contribution is -2.34. The third-order valence-corrected chi connectivity index (χ3v) is 5.18.